The fraction of sp³-hybridized carbons (Fsp3) is 0.474. The van der Waals surface area contributed by atoms with Crippen LogP contribution in [0.1, 0.15) is 36.4 Å². The average Bonchev–Trinajstić information content (AvgIpc) is 3.01. The van der Waals surface area contributed by atoms with Crippen molar-refractivity contribution in [2.24, 2.45) is 7.05 Å². The van der Waals surface area contributed by atoms with Gasteiger partial charge in [-0.3, -0.25) is 4.68 Å². The van der Waals surface area contributed by atoms with E-state index in [2.05, 4.69) is 39.7 Å². The fourth-order valence-electron chi connectivity index (χ4n) is 2.81. The topological polar surface area (TPSA) is 62.2 Å². The first-order valence-electron chi connectivity index (χ1n) is 8.69. The maximum atomic E-state index is 12.1. The SMILES string of the molecule is CC(CCNC(=O)NCC(c1cnn(C)c1)N(C)C)c1ccccc1. The number of nitrogens with one attached hydrogen (secondary N) is 2. The van der Waals surface area contributed by atoms with Crippen LogP contribution in [0.15, 0.2) is 42.7 Å². The van der Waals surface area contributed by atoms with Crippen LogP contribution in [0.4, 0.5) is 4.79 Å². The molecular weight excluding hydrogens is 314 g/mol. The van der Waals surface area contributed by atoms with Crippen LogP contribution in [-0.2, 0) is 7.05 Å². The predicted octanol–water partition coefficient (Wildman–Crippen LogP) is 2.52. The number of urea groups is 1. The van der Waals surface area contributed by atoms with Gasteiger partial charge in [-0.05, 0) is 32.0 Å². The minimum absolute atomic E-state index is 0.0997. The van der Waals surface area contributed by atoms with Crippen molar-refractivity contribution in [1.82, 2.24) is 25.3 Å². The molecule has 6 nitrogen and oxygen atoms in total. The number of carbonyl (C=O) groups is 1. The molecule has 0 spiro atoms. The maximum absolute atomic E-state index is 12.1. The highest BCUT2D eigenvalue weighted by atomic mass is 16.2. The van der Waals surface area contributed by atoms with Crippen molar-refractivity contribution in [3.8, 4) is 0 Å². The highest BCUT2D eigenvalue weighted by Crippen LogP contribution is 2.18. The average molecular weight is 343 g/mol. The lowest BCUT2D eigenvalue weighted by Gasteiger charge is -2.23. The quantitative estimate of drug-likeness (QED) is 0.774. The second kappa shape index (κ2) is 9.22. The lowest BCUT2D eigenvalue weighted by molar-refractivity contribution is 0.232. The zero-order chi connectivity index (χ0) is 18.2. The van der Waals surface area contributed by atoms with Crippen molar-refractivity contribution >= 4 is 6.03 Å². The molecule has 0 aliphatic carbocycles. The van der Waals surface area contributed by atoms with Crippen LogP contribution in [0.5, 0.6) is 0 Å². The highest BCUT2D eigenvalue weighted by molar-refractivity contribution is 5.73. The number of hydrogen-bond acceptors (Lipinski definition) is 3. The Labute approximate surface area is 150 Å². The minimum atomic E-state index is -0.129. The highest BCUT2D eigenvalue weighted by Gasteiger charge is 2.16. The maximum Gasteiger partial charge on any atom is 0.314 e. The van der Waals surface area contributed by atoms with Crippen LogP contribution in [0.25, 0.3) is 0 Å². The summed E-state index contributed by atoms with van der Waals surface area (Å²) in [4.78, 5) is 14.1. The van der Waals surface area contributed by atoms with Crippen molar-refractivity contribution in [2.45, 2.75) is 25.3 Å². The van der Waals surface area contributed by atoms with E-state index in [0.29, 0.717) is 19.0 Å². The Bertz CT molecular complexity index is 653. The minimum Gasteiger partial charge on any atom is -0.338 e. The first-order chi connectivity index (χ1) is 12.0. The molecule has 2 unspecified atom stereocenters. The van der Waals surface area contributed by atoms with Gasteiger partial charge in [0.1, 0.15) is 0 Å². The molecule has 0 aliphatic heterocycles. The van der Waals surface area contributed by atoms with Gasteiger partial charge < -0.3 is 15.5 Å². The lowest BCUT2D eigenvalue weighted by atomic mass is 9.98. The van der Waals surface area contributed by atoms with Crippen LogP contribution in [0, 0.1) is 0 Å². The van der Waals surface area contributed by atoms with Gasteiger partial charge in [-0.25, -0.2) is 4.79 Å². The number of nitrogens with zero attached hydrogens (tertiary/aromatic N) is 3. The summed E-state index contributed by atoms with van der Waals surface area (Å²) in [6.07, 6.45) is 4.73. The van der Waals surface area contributed by atoms with Crippen molar-refractivity contribution in [2.75, 3.05) is 27.2 Å². The number of rotatable bonds is 8. The molecule has 0 saturated heterocycles. The van der Waals surface area contributed by atoms with E-state index >= 15 is 0 Å². The molecule has 0 saturated carbocycles. The molecule has 1 aromatic carbocycles. The van der Waals surface area contributed by atoms with Gasteiger partial charge in [-0.1, -0.05) is 37.3 Å². The summed E-state index contributed by atoms with van der Waals surface area (Å²) < 4.78 is 1.77. The first kappa shape index (κ1) is 19.0. The van der Waals surface area contributed by atoms with Gasteiger partial charge in [0.15, 0.2) is 0 Å². The third kappa shape index (κ3) is 5.90. The van der Waals surface area contributed by atoms with E-state index in [1.54, 1.807) is 4.68 Å². The summed E-state index contributed by atoms with van der Waals surface area (Å²) in [6, 6.07) is 10.3. The third-order valence-electron chi connectivity index (χ3n) is 4.42. The summed E-state index contributed by atoms with van der Waals surface area (Å²) in [5.41, 5.74) is 2.39. The number of likely N-dealkylation sites (N-methyl/N-ethyl adjacent to an activating group) is 1. The van der Waals surface area contributed by atoms with E-state index < -0.39 is 0 Å². The summed E-state index contributed by atoms with van der Waals surface area (Å²) in [6.45, 7) is 3.37. The molecule has 0 bridgehead atoms. The van der Waals surface area contributed by atoms with Crippen molar-refractivity contribution in [3.63, 3.8) is 0 Å². The van der Waals surface area contributed by atoms with Crippen LogP contribution in [0.3, 0.4) is 0 Å². The summed E-state index contributed by atoms with van der Waals surface area (Å²) in [5, 5.41) is 10.1. The van der Waals surface area contributed by atoms with E-state index in [1.165, 1.54) is 5.56 Å². The molecule has 1 heterocycles. The molecule has 0 aliphatic rings. The number of carbonyl (C=O) groups excluding carboxylic acids is 1. The molecule has 6 heteroatoms. The van der Waals surface area contributed by atoms with Crippen LogP contribution in [0.2, 0.25) is 0 Å². The zero-order valence-electron chi connectivity index (χ0n) is 15.6. The molecule has 2 rings (SSSR count). The zero-order valence-corrected chi connectivity index (χ0v) is 15.6. The molecule has 2 aromatic rings. The Balaban J connectivity index is 1.74. The largest absolute Gasteiger partial charge is 0.338 e. The molecule has 2 N–H and O–H groups in total. The molecule has 0 radical (unpaired) electrons. The van der Waals surface area contributed by atoms with E-state index in [9.17, 15) is 4.79 Å². The van der Waals surface area contributed by atoms with Gasteiger partial charge in [0, 0.05) is 31.9 Å². The predicted molar refractivity (Wildman–Crippen MR) is 101 cm³/mol. The summed E-state index contributed by atoms with van der Waals surface area (Å²) >= 11 is 0. The Morgan fingerprint density at radius 1 is 1.20 bits per heavy atom. The second-order valence-electron chi connectivity index (χ2n) is 6.66. The summed E-state index contributed by atoms with van der Waals surface area (Å²) in [7, 11) is 5.89. The van der Waals surface area contributed by atoms with Crippen LogP contribution in [-0.4, -0.2) is 47.9 Å². The molecule has 25 heavy (non-hydrogen) atoms. The smallest absolute Gasteiger partial charge is 0.314 e. The van der Waals surface area contributed by atoms with Gasteiger partial charge in [0.25, 0.3) is 0 Å². The van der Waals surface area contributed by atoms with Crippen molar-refractivity contribution in [3.05, 3.63) is 53.9 Å². The van der Waals surface area contributed by atoms with Gasteiger partial charge in [0.05, 0.1) is 12.2 Å². The van der Waals surface area contributed by atoms with Crippen molar-refractivity contribution < 1.29 is 4.79 Å². The molecule has 0 fully saturated rings. The van der Waals surface area contributed by atoms with Crippen LogP contribution < -0.4 is 10.6 Å². The molecule has 1 aromatic heterocycles. The first-order valence-corrected chi connectivity index (χ1v) is 8.69. The molecule has 2 amide bonds. The number of aromatic nitrogens is 2. The number of aryl methyl sites for hydroxylation is 1. The monoisotopic (exact) mass is 343 g/mol. The number of hydrogen-bond donors (Lipinski definition) is 2. The second-order valence-corrected chi connectivity index (χ2v) is 6.66. The fourth-order valence-corrected chi connectivity index (χ4v) is 2.81. The van der Waals surface area contributed by atoms with Crippen LogP contribution >= 0.6 is 0 Å². The lowest BCUT2D eigenvalue weighted by Crippen LogP contribution is -2.40. The van der Waals surface area contributed by atoms with Gasteiger partial charge in [-0.15, -0.1) is 0 Å². The molecule has 2 atom stereocenters. The molecular formula is C19H29N5O. The third-order valence-corrected chi connectivity index (χ3v) is 4.42. The Kier molecular flexibility index (Phi) is 7.01. The van der Waals surface area contributed by atoms with E-state index in [0.717, 1.165) is 12.0 Å². The Morgan fingerprint density at radius 3 is 2.52 bits per heavy atom. The number of amides is 2. The Morgan fingerprint density at radius 2 is 1.92 bits per heavy atom. The standard InChI is InChI=1S/C19H29N5O/c1-15(16-8-6-5-7-9-16)10-11-20-19(25)21-13-18(23(2)3)17-12-22-24(4)14-17/h5-9,12,14-15,18H,10-11,13H2,1-4H3,(H2,20,21,25). The van der Waals surface area contributed by atoms with Crippen molar-refractivity contribution in [1.29, 1.82) is 0 Å². The van der Waals surface area contributed by atoms with Gasteiger partial charge >= 0.3 is 6.03 Å². The van der Waals surface area contributed by atoms with E-state index in [1.807, 2.05) is 51.7 Å². The van der Waals surface area contributed by atoms with E-state index in [4.69, 9.17) is 0 Å². The molecule has 136 valence electrons. The van der Waals surface area contributed by atoms with Gasteiger partial charge in [0.2, 0.25) is 0 Å². The normalized spacial score (nSPS) is 13.5. The van der Waals surface area contributed by atoms with E-state index in [-0.39, 0.29) is 12.1 Å². The number of benzene rings is 1. The van der Waals surface area contributed by atoms with Gasteiger partial charge in [-0.2, -0.15) is 5.10 Å². The summed E-state index contributed by atoms with van der Waals surface area (Å²) in [5.74, 6) is 0.423. The Hall–Kier alpha value is -2.34.